The maximum atomic E-state index is 11.2. The van der Waals surface area contributed by atoms with E-state index in [2.05, 4.69) is 12.1 Å². The Morgan fingerprint density at radius 2 is 2.11 bits per heavy atom. The topological polar surface area (TPSA) is 46.5 Å². The molecule has 0 bridgehead atoms. The second-order valence-electron chi connectivity index (χ2n) is 5.04. The van der Waals surface area contributed by atoms with Gasteiger partial charge in [0.25, 0.3) is 0 Å². The van der Waals surface area contributed by atoms with Crippen LogP contribution >= 0.6 is 0 Å². The molecule has 3 nitrogen and oxygen atoms in total. The summed E-state index contributed by atoms with van der Waals surface area (Å²) in [6, 6.07) is 10.2. The highest BCUT2D eigenvalue weighted by atomic mass is 16.5. The summed E-state index contributed by atoms with van der Waals surface area (Å²) in [7, 11) is 1.65. The summed E-state index contributed by atoms with van der Waals surface area (Å²) in [5, 5.41) is 11.6. The SMILES string of the molecule is COc1cc2ccccc2c2c1CC(C(=O)O)CC2. The molecule has 0 spiro atoms. The Balaban J connectivity index is 2.20. The molecule has 0 aliphatic heterocycles. The predicted octanol–water partition coefficient (Wildman–Crippen LogP) is 3.04. The summed E-state index contributed by atoms with van der Waals surface area (Å²) in [6.45, 7) is 0. The van der Waals surface area contributed by atoms with Crippen molar-refractivity contribution in [3.8, 4) is 5.75 Å². The maximum absolute atomic E-state index is 11.2. The van der Waals surface area contributed by atoms with Crippen LogP contribution in [-0.2, 0) is 17.6 Å². The van der Waals surface area contributed by atoms with Crippen LogP contribution in [0.25, 0.3) is 10.8 Å². The van der Waals surface area contributed by atoms with Gasteiger partial charge < -0.3 is 9.84 Å². The van der Waals surface area contributed by atoms with Crippen LogP contribution in [0.1, 0.15) is 17.5 Å². The number of fused-ring (bicyclic) bond motifs is 3. The number of methoxy groups -OCH3 is 1. The zero-order valence-corrected chi connectivity index (χ0v) is 10.8. The van der Waals surface area contributed by atoms with Crippen molar-refractivity contribution < 1.29 is 14.6 Å². The normalized spacial score (nSPS) is 18.1. The molecule has 3 rings (SSSR count). The molecule has 1 aliphatic rings. The van der Waals surface area contributed by atoms with Gasteiger partial charge in [-0.15, -0.1) is 0 Å². The molecule has 0 saturated carbocycles. The van der Waals surface area contributed by atoms with Crippen molar-refractivity contribution in [1.29, 1.82) is 0 Å². The molecule has 0 saturated heterocycles. The Bertz CT molecular complexity index is 646. The van der Waals surface area contributed by atoms with E-state index in [1.165, 1.54) is 10.9 Å². The molecular weight excluding hydrogens is 240 g/mol. The molecule has 98 valence electrons. The molecule has 0 radical (unpaired) electrons. The van der Waals surface area contributed by atoms with E-state index >= 15 is 0 Å². The van der Waals surface area contributed by atoms with Crippen molar-refractivity contribution in [2.45, 2.75) is 19.3 Å². The Labute approximate surface area is 111 Å². The smallest absolute Gasteiger partial charge is 0.306 e. The molecule has 19 heavy (non-hydrogen) atoms. The minimum Gasteiger partial charge on any atom is -0.496 e. The second-order valence-corrected chi connectivity index (χ2v) is 5.04. The van der Waals surface area contributed by atoms with Gasteiger partial charge in [0.05, 0.1) is 13.0 Å². The summed E-state index contributed by atoms with van der Waals surface area (Å²) in [5.74, 6) is -0.178. The Morgan fingerprint density at radius 3 is 2.84 bits per heavy atom. The molecule has 2 aromatic rings. The fourth-order valence-electron chi connectivity index (χ4n) is 3.01. The second kappa shape index (κ2) is 4.57. The zero-order chi connectivity index (χ0) is 13.4. The summed E-state index contributed by atoms with van der Waals surface area (Å²) >= 11 is 0. The van der Waals surface area contributed by atoms with Crippen molar-refractivity contribution in [2.75, 3.05) is 7.11 Å². The number of aryl methyl sites for hydroxylation is 1. The molecule has 1 atom stereocenters. The van der Waals surface area contributed by atoms with Gasteiger partial charge in [0, 0.05) is 0 Å². The molecule has 1 unspecified atom stereocenters. The third-order valence-corrected chi connectivity index (χ3v) is 4.00. The van der Waals surface area contributed by atoms with Gasteiger partial charge in [0.2, 0.25) is 0 Å². The van der Waals surface area contributed by atoms with Crippen molar-refractivity contribution in [3.05, 3.63) is 41.5 Å². The molecular formula is C16H16O3. The number of carboxylic acids is 1. The fraction of sp³-hybridized carbons (Fsp3) is 0.312. The summed E-state index contributed by atoms with van der Waals surface area (Å²) in [4.78, 5) is 11.2. The highest BCUT2D eigenvalue weighted by Crippen LogP contribution is 2.37. The van der Waals surface area contributed by atoms with Gasteiger partial charge in [-0.05, 0) is 47.2 Å². The standard InChI is InChI=1S/C16H16O3/c1-19-15-9-10-4-2-3-5-12(10)13-7-6-11(16(17)18)8-14(13)15/h2-5,9,11H,6-8H2,1H3,(H,17,18). The number of rotatable bonds is 2. The lowest BCUT2D eigenvalue weighted by atomic mass is 9.81. The molecule has 1 N–H and O–H groups in total. The van der Waals surface area contributed by atoms with Gasteiger partial charge in [0.15, 0.2) is 0 Å². The largest absolute Gasteiger partial charge is 0.496 e. The van der Waals surface area contributed by atoms with Crippen LogP contribution in [0.15, 0.2) is 30.3 Å². The van der Waals surface area contributed by atoms with E-state index in [9.17, 15) is 9.90 Å². The van der Waals surface area contributed by atoms with Gasteiger partial charge in [0.1, 0.15) is 5.75 Å². The van der Waals surface area contributed by atoms with Gasteiger partial charge in [-0.25, -0.2) is 0 Å². The van der Waals surface area contributed by atoms with Crippen molar-refractivity contribution in [2.24, 2.45) is 5.92 Å². The monoisotopic (exact) mass is 256 g/mol. The van der Waals surface area contributed by atoms with E-state index < -0.39 is 5.97 Å². The molecule has 1 aliphatic carbocycles. The van der Waals surface area contributed by atoms with Crippen LogP contribution < -0.4 is 4.74 Å². The third-order valence-electron chi connectivity index (χ3n) is 4.00. The Hall–Kier alpha value is -2.03. The fourth-order valence-corrected chi connectivity index (χ4v) is 3.01. The Morgan fingerprint density at radius 1 is 1.32 bits per heavy atom. The van der Waals surface area contributed by atoms with Gasteiger partial charge in [-0.2, -0.15) is 0 Å². The van der Waals surface area contributed by atoms with Crippen LogP contribution in [0.5, 0.6) is 5.75 Å². The molecule has 0 aromatic heterocycles. The van der Waals surface area contributed by atoms with Crippen LogP contribution in [0.2, 0.25) is 0 Å². The first-order valence-corrected chi connectivity index (χ1v) is 6.51. The number of hydrogen-bond acceptors (Lipinski definition) is 2. The number of aliphatic carboxylic acids is 1. The number of benzene rings is 2. The van der Waals surface area contributed by atoms with Crippen LogP contribution in [0.4, 0.5) is 0 Å². The van der Waals surface area contributed by atoms with Crippen LogP contribution in [-0.4, -0.2) is 18.2 Å². The summed E-state index contributed by atoms with van der Waals surface area (Å²) in [6.07, 6.45) is 2.09. The Kier molecular flexibility index (Phi) is 2.90. The highest BCUT2D eigenvalue weighted by Gasteiger charge is 2.27. The van der Waals surface area contributed by atoms with Crippen LogP contribution in [0, 0.1) is 5.92 Å². The molecule has 2 aromatic carbocycles. The summed E-state index contributed by atoms with van der Waals surface area (Å²) < 4.78 is 5.46. The predicted molar refractivity (Wildman–Crippen MR) is 73.7 cm³/mol. The lowest BCUT2D eigenvalue weighted by Crippen LogP contribution is -2.22. The molecule has 0 heterocycles. The average Bonchev–Trinajstić information content (AvgIpc) is 2.45. The van der Waals surface area contributed by atoms with E-state index in [-0.39, 0.29) is 5.92 Å². The quantitative estimate of drug-likeness (QED) is 0.898. The van der Waals surface area contributed by atoms with E-state index in [0.717, 1.165) is 23.1 Å². The van der Waals surface area contributed by atoms with Crippen LogP contribution in [0.3, 0.4) is 0 Å². The number of carbonyl (C=O) groups is 1. The van der Waals surface area contributed by atoms with Gasteiger partial charge in [-0.1, -0.05) is 24.3 Å². The molecule has 3 heteroatoms. The maximum Gasteiger partial charge on any atom is 0.306 e. The lowest BCUT2D eigenvalue weighted by molar-refractivity contribution is -0.142. The number of carboxylic acid groups (broad SMARTS) is 1. The van der Waals surface area contributed by atoms with Crippen molar-refractivity contribution >= 4 is 16.7 Å². The number of ether oxygens (including phenoxy) is 1. The molecule has 0 fully saturated rings. The average molecular weight is 256 g/mol. The van der Waals surface area contributed by atoms with Crippen molar-refractivity contribution in [3.63, 3.8) is 0 Å². The first-order chi connectivity index (χ1) is 9.20. The highest BCUT2D eigenvalue weighted by molar-refractivity contribution is 5.89. The van der Waals surface area contributed by atoms with E-state index in [1.54, 1.807) is 7.11 Å². The molecule has 0 amide bonds. The number of hydrogen-bond donors (Lipinski definition) is 1. The summed E-state index contributed by atoms with van der Waals surface area (Å²) in [5.41, 5.74) is 2.33. The minimum atomic E-state index is -0.708. The van der Waals surface area contributed by atoms with E-state index in [4.69, 9.17) is 4.74 Å². The first-order valence-electron chi connectivity index (χ1n) is 6.51. The van der Waals surface area contributed by atoms with Gasteiger partial charge >= 0.3 is 5.97 Å². The zero-order valence-electron chi connectivity index (χ0n) is 10.8. The first kappa shape index (κ1) is 12.0. The lowest BCUT2D eigenvalue weighted by Gasteiger charge is -2.25. The van der Waals surface area contributed by atoms with Crippen molar-refractivity contribution in [1.82, 2.24) is 0 Å². The van der Waals surface area contributed by atoms with E-state index in [1.807, 2.05) is 18.2 Å². The van der Waals surface area contributed by atoms with Gasteiger partial charge in [-0.3, -0.25) is 4.79 Å². The third kappa shape index (κ3) is 1.95. The minimum absolute atomic E-state index is 0.289. The van der Waals surface area contributed by atoms with E-state index in [0.29, 0.717) is 12.8 Å².